The topological polar surface area (TPSA) is 449 Å². The molecule has 396 valence electrons. The van der Waals surface area contributed by atoms with Gasteiger partial charge in [-0.2, -0.15) is 0 Å². The van der Waals surface area contributed by atoms with Crippen LogP contribution in [0.15, 0.2) is 29.3 Å². The Morgan fingerprint density at radius 2 is 1.15 bits per heavy atom. The lowest BCUT2D eigenvalue weighted by Gasteiger charge is -2.30. The molecule has 0 spiro atoms. The number of aliphatic carboxylic acids is 1. The number of aliphatic hydroxyl groups is 1. The molecule has 0 aliphatic carbocycles. The number of hydrogen-bond acceptors (Lipinski definition) is 14. The van der Waals surface area contributed by atoms with Gasteiger partial charge >= 0.3 is 5.97 Å². The summed E-state index contributed by atoms with van der Waals surface area (Å²) < 4.78 is 0. The van der Waals surface area contributed by atoms with Gasteiger partial charge in [0.25, 0.3) is 0 Å². The summed E-state index contributed by atoms with van der Waals surface area (Å²) in [7, 11) is 0. The highest BCUT2D eigenvalue weighted by atomic mass is 16.4. The SMILES string of the molecule is CC(C)C[C@H](NC(=O)[C@H](CCC(N)=O)NC(=O)[C@@H]1CCCN1C(=O)[C@H](CO)NC(=O)[C@@H](N)CC(C)C)C(=O)N[C@@H](Cc1ccc(O)cc1)C(=O)N[C@@H](CCC(N)=O)C(=O)N[C@@H](CCCN=C(N)N)C(=O)O. The summed E-state index contributed by atoms with van der Waals surface area (Å²) in [4.78, 5) is 137. The number of hydrogen-bond donors (Lipinski definition) is 14. The number of benzene rings is 1. The summed E-state index contributed by atoms with van der Waals surface area (Å²) in [6.45, 7) is 6.50. The van der Waals surface area contributed by atoms with E-state index in [1.165, 1.54) is 24.3 Å². The van der Waals surface area contributed by atoms with Crippen molar-refractivity contribution in [3.63, 3.8) is 0 Å². The number of carbonyl (C=O) groups is 10. The number of carbonyl (C=O) groups excluding carboxylic acids is 9. The minimum absolute atomic E-state index is 0.0367. The summed E-state index contributed by atoms with van der Waals surface area (Å²) in [5.74, 6) is -9.72. The van der Waals surface area contributed by atoms with Crippen molar-refractivity contribution < 1.29 is 63.3 Å². The van der Waals surface area contributed by atoms with Gasteiger partial charge in [0, 0.05) is 32.4 Å². The zero-order chi connectivity index (χ0) is 53.5. The van der Waals surface area contributed by atoms with E-state index in [2.05, 4.69) is 36.9 Å². The maximum Gasteiger partial charge on any atom is 0.326 e. The second-order valence-electron chi connectivity index (χ2n) is 18.3. The van der Waals surface area contributed by atoms with Crippen LogP contribution in [-0.4, -0.2) is 153 Å². The Labute approximate surface area is 411 Å². The van der Waals surface area contributed by atoms with Gasteiger partial charge in [0.2, 0.25) is 53.2 Å². The van der Waals surface area contributed by atoms with Crippen molar-refractivity contribution in [2.45, 2.75) is 147 Å². The summed E-state index contributed by atoms with van der Waals surface area (Å²) in [5, 5.41) is 44.8. The van der Waals surface area contributed by atoms with Gasteiger partial charge in [-0.1, -0.05) is 39.8 Å². The normalized spacial score (nSPS) is 16.2. The van der Waals surface area contributed by atoms with Crippen LogP contribution < -0.4 is 60.6 Å². The predicted octanol–water partition coefficient (Wildman–Crippen LogP) is -4.08. The van der Waals surface area contributed by atoms with Crippen molar-refractivity contribution in [1.82, 2.24) is 36.8 Å². The van der Waals surface area contributed by atoms with Crippen LogP contribution in [0.3, 0.4) is 0 Å². The molecular formula is C45H73N13O13. The number of guanidine groups is 1. The number of phenolic OH excluding ortho intramolecular Hbond substituents is 1. The van der Waals surface area contributed by atoms with E-state index in [1.54, 1.807) is 13.8 Å². The number of phenols is 1. The second-order valence-corrected chi connectivity index (χ2v) is 18.3. The molecule has 1 heterocycles. The number of nitrogens with two attached hydrogens (primary N) is 5. The zero-order valence-electron chi connectivity index (χ0n) is 40.7. The fourth-order valence-electron chi connectivity index (χ4n) is 7.59. The van der Waals surface area contributed by atoms with Crippen molar-refractivity contribution in [2.24, 2.45) is 45.5 Å². The minimum Gasteiger partial charge on any atom is -0.508 e. The lowest BCUT2D eigenvalue weighted by molar-refractivity contribution is -0.143. The monoisotopic (exact) mass is 1000 g/mol. The number of likely N-dealkylation sites (tertiary alicyclic amines) is 1. The van der Waals surface area contributed by atoms with Crippen LogP contribution in [0.25, 0.3) is 0 Å². The molecule has 71 heavy (non-hydrogen) atoms. The van der Waals surface area contributed by atoms with Crippen LogP contribution in [0.5, 0.6) is 5.75 Å². The smallest absolute Gasteiger partial charge is 0.326 e. The van der Waals surface area contributed by atoms with E-state index in [-0.39, 0.29) is 81.6 Å². The average molecular weight is 1000 g/mol. The largest absolute Gasteiger partial charge is 0.508 e. The summed E-state index contributed by atoms with van der Waals surface area (Å²) in [5.41, 5.74) is 27.8. The maximum atomic E-state index is 14.3. The molecule has 19 N–H and O–H groups in total. The van der Waals surface area contributed by atoms with Gasteiger partial charge in [0.1, 0.15) is 48.0 Å². The molecule has 1 aromatic carbocycles. The number of amides is 9. The zero-order valence-corrected chi connectivity index (χ0v) is 40.7. The molecule has 1 saturated heterocycles. The van der Waals surface area contributed by atoms with Crippen molar-refractivity contribution in [2.75, 3.05) is 19.7 Å². The maximum absolute atomic E-state index is 14.3. The van der Waals surface area contributed by atoms with Crippen LogP contribution in [0.2, 0.25) is 0 Å². The number of primary amides is 2. The van der Waals surface area contributed by atoms with E-state index in [1.807, 2.05) is 13.8 Å². The van der Waals surface area contributed by atoms with Crippen molar-refractivity contribution in [3.05, 3.63) is 29.8 Å². The number of aliphatic imine (C=N–C) groups is 1. The summed E-state index contributed by atoms with van der Waals surface area (Å²) in [6.07, 6.45) is -1.02. The number of rotatable bonds is 31. The fourth-order valence-corrected chi connectivity index (χ4v) is 7.59. The van der Waals surface area contributed by atoms with Crippen LogP contribution in [0.4, 0.5) is 0 Å². The Kier molecular flexibility index (Phi) is 25.2. The molecule has 26 heteroatoms. The second kappa shape index (κ2) is 29.8. The number of carboxylic acid groups (broad SMARTS) is 1. The molecule has 0 aromatic heterocycles. The van der Waals surface area contributed by atoms with Crippen LogP contribution in [0.1, 0.15) is 97.5 Å². The summed E-state index contributed by atoms with van der Waals surface area (Å²) >= 11 is 0. The Bertz CT molecular complexity index is 2050. The number of carboxylic acids is 1. The first-order chi connectivity index (χ1) is 33.3. The first-order valence-electron chi connectivity index (χ1n) is 23.4. The van der Waals surface area contributed by atoms with Crippen molar-refractivity contribution in [1.29, 1.82) is 0 Å². The number of nitrogens with zero attached hydrogens (tertiary/aromatic N) is 2. The van der Waals surface area contributed by atoms with Gasteiger partial charge in [-0.15, -0.1) is 0 Å². The Morgan fingerprint density at radius 3 is 1.68 bits per heavy atom. The van der Waals surface area contributed by atoms with E-state index in [0.29, 0.717) is 18.4 Å². The third-order valence-electron chi connectivity index (χ3n) is 11.2. The highest BCUT2D eigenvalue weighted by Crippen LogP contribution is 2.20. The molecule has 9 amide bonds. The first kappa shape index (κ1) is 60.0. The lowest BCUT2D eigenvalue weighted by Crippen LogP contribution is -2.60. The highest BCUT2D eigenvalue weighted by molar-refractivity contribution is 5.98. The lowest BCUT2D eigenvalue weighted by atomic mass is 9.99. The molecule has 0 bridgehead atoms. The van der Waals surface area contributed by atoms with E-state index < -0.39 is 127 Å². The van der Waals surface area contributed by atoms with Gasteiger partial charge in [-0.05, 0) is 80.9 Å². The molecule has 1 aliphatic rings. The van der Waals surface area contributed by atoms with Gasteiger partial charge in [0.05, 0.1) is 12.6 Å². The third kappa shape index (κ3) is 21.6. The Hall–Kier alpha value is -7.09. The van der Waals surface area contributed by atoms with E-state index in [0.717, 1.165) is 4.90 Å². The van der Waals surface area contributed by atoms with E-state index in [4.69, 9.17) is 28.7 Å². The van der Waals surface area contributed by atoms with Gasteiger partial charge < -0.3 is 80.8 Å². The number of nitrogens with one attached hydrogen (secondary N) is 6. The van der Waals surface area contributed by atoms with E-state index >= 15 is 0 Å². The molecule has 8 atom stereocenters. The highest BCUT2D eigenvalue weighted by Gasteiger charge is 2.40. The fraction of sp³-hybridized carbons (Fsp3) is 0.622. The molecule has 0 radical (unpaired) electrons. The third-order valence-corrected chi connectivity index (χ3v) is 11.2. The number of aliphatic hydroxyl groups excluding tert-OH is 1. The molecule has 1 fully saturated rings. The van der Waals surface area contributed by atoms with Crippen molar-refractivity contribution >= 4 is 65.1 Å². The van der Waals surface area contributed by atoms with Crippen molar-refractivity contribution in [3.8, 4) is 5.75 Å². The van der Waals surface area contributed by atoms with Gasteiger partial charge in [0.15, 0.2) is 5.96 Å². The predicted molar refractivity (Wildman–Crippen MR) is 257 cm³/mol. The molecule has 2 rings (SSSR count). The Morgan fingerprint density at radius 1 is 0.662 bits per heavy atom. The average Bonchev–Trinajstić information content (AvgIpc) is 3.79. The number of aromatic hydroxyl groups is 1. The van der Waals surface area contributed by atoms with Crippen LogP contribution in [-0.2, 0) is 54.4 Å². The van der Waals surface area contributed by atoms with E-state index in [9.17, 15) is 63.3 Å². The Balaban J connectivity index is 2.42. The molecular weight excluding hydrogens is 931 g/mol. The molecule has 1 aromatic rings. The molecule has 26 nitrogen and oxygen atoms in total. The first-order valence-corrected chi connectivity index (χ1v) is 23.4. The van der Waals surface area contributed by atoms with Gasteiger partial charge in [-0.25, -0.2) is 4.79 Å². The van der Waals surface area contributed by atoms with Gasteiger partial charge in [-0.3, -0.25) is 48.1 Å². The van der Waals surface area contributed by atoms with Crippen LogP contribution in [0, 0.1) is 11.8 Å². The molecule has 0 saturated carbocycles. The standard InChI is InChI=1S/C45H73N13O13/c1-23(2)19-27(46)37(63)57-33(22-59)43(69)58-18-6-8-34(58)42(68)53-29(14-16-36(48)62)39(65)55-31(20-24(3)4)40(66)56-32(21-25-9-11-26(60)12-10-25)41(67)52-28(13-15-35(47)61)38(64)54-30(44(70)71)7-5-17-51-45(49)50/h9-12,23-24,27-34,59-60H,5-8,13-22,46H2,1-4H3,(H2,47,61)(H2,48,62)(H,52,67)(H,53,68)(H,54,64)(H,55,65)(H,56,66)(H,57,63)(H,70,71)(H4,49,50,51)/t27-,28-,29-,30-,31-,32-,33-,34-/m0/s1. The van der Waals surface area contributed by atoms with Crippen LogP contribution >= 0.6 is 0 Å². The molecule has 0 unspecified atom stereocenters. The quantitative estimate of drug-likeness (QED) is 0.0191. The summed E-state index contributed by atoms with van der Waals surface area (Å²) in [6, 6.07) is -5.45. The minimum atomic E-state index is -1.55. The molecule has 1 aliphatic heterocycles.